The first kappa shape index (κ1) is 36.2. The van der Waals surface area contributed by atoms with Gasteiger partial charge in [0, 0.05) is 0 Å². The van der Waals surface area contributed by atoms with Crippen molar-refractivity contribution >= 4 is 11.9 Å². The first-order chi connectivity index (χ1) is 21.1. The number of esters is 2. The minimum absolute atomic E-state index is 0.0945. The van der Waals surface area contributed by atoms with E-state index in [0.717, 1.165) is 24.2 Å². The highest BCUT2D eigenvalue weighted by Crippen LogP contribution is 2.43. The summed E-state index contributed by atoms with van der Waals surface area (Å²) in [5.41, 5.74) is 0.0282. The summed E-state index contributed by atoms with van der Waals surface area (Å²) in [5, 5.41) is 18.6. The van der Waals surface area contributed by atoms with Crippen molar-refractivity contribution in [2.24, 2.45) is 29.1 Å². The maximum atomic E-state index is 15.3. The van der Waals surface area contributed by atoms with Gasteiger partial charge in [-0.2, -0.15) is 0 Å². The number of aryl methyl sites for hydroxylation is 1. The number of hydrogen-bond acceptors (Lipinski definition) is 6. The number of hydrogen-bond donors (Lipinski definition) is 2. The van der Waals surface area contributed by atoms with Gasteiger partial charge in [-0.05, 0) is 93.2 Å². The van der Waals surface area contributed by atoms with E-state index < -0.39 is 29.9 Å². The van der Waals surface area contributed by atoms with Crippen LogP contribution in [0.25, 0.3) is 0 Å². The predicted molar refractivity (Wildman–Crippen MR) is 172 cm³/mol. The fraction of sp³-hybridized carbons (Fsp3) is 0.730. The van der Waals surface area contributed by atoms with E-state index in [1.54, 1.807) is 26.0 Å². The largest absolute Gasteiger partial charge is 0.464 e. The molecule has 3 rings (SSSR count). The molecule has 0 bridgehead atoms. The highest BCUT2D eigenvalue weighted by Gasteiger charge is 2.32. The van der Waals surface area contributed by atoms with Crippen molar-refractivity contribution in [1.29, 1.82) is 0 Å². The molecule has 0 amide bonds. The van der Waals surface area contributed by atoms with Crippen molar-refractivity contribution in [3.8, 4) is 0 Å². The average Bonchev–Trinajstić information content (AvgIpc) is 3.04. The van der Waals surface area contributed by atoms with E-state index >= 15 is 4.39 Å². The Balaban J connectivity index is 1.50. The van der Waals surface area contributed by atoms with Crippen molar-refractivity contribution < 1.29 is 33.7 Å². The molecular formula is C37H57FO6. The first-order valence-corrected chi connectivity index (χ1v) is 17.1. The molecule has 2 aliphatic rings. The standard InChI is InChI=1S/C37H57FO6/c1-5-6-7-8-27-9-14-29(15-10-27)30-16-11-28(12-17-30)13-18-31-19-20-32(21-34(31)38)33(23-43-35(41)26(2)22-39)24-44-36(42)37(3,4)25-40/h19-21,27-30,33,39-40H,2,5-18,22-25H2,1,3-4H3. The highest BCUT2D eigenvalue weighted by atomic mass is 19.1. The quantitative estimate of drug-likeness (QED) is 0.106. The van der Waals surface area contributed by atoms with Gasteiger partial charge in [0.2, 0.25) is 0 Å². The van der Waals surface area contributed by atoms with E-state index in [2.05, 4.69) is 13.5 Å². The maximum absolute atomic E-state index is 15.3. The van der Waals surface area contributed by atoms with Crippen LogP contribution in [0.4, 0.5) is 4.39 Å². The Morgan fingerprint density at radius 3 is 2.07 bits per heavy atom. The molecule has 1 aromatic rings. The molecule has 2 N–H and O–H groups in total. The molecule has 0 heterocycles. The van der Waals surface area contributed by atoms with Crippen LogP contribution in [0, 0.1) is 34.9 Å². The SMILES string of the molecule is C=C(CO)C(=O)OCC(COC(=O)C(C)(C)CO)c1ccc(CCC2CCC(C3CCC(CCCCC)CC3)CC2)c(F)c1. The van der Waals surface area contributed by atoms with Crippen LogP contribution in [0.5, 0.6) is 0 Å². The Kier molecular flexibility index (Phi) is 14.8. The predicted octanol–water partition coefficient (Wildman–Crippen LogP) is 7.69. The van der Waals surface area contributed by atoms with E-state index in [1.807, 2.05) is 0 Å². The summed E-state index contributed by atoms with van der Waals surface area (Å²) in [6.45, 7) is 7.65. The van der Waals surface area contributed by atoms with Crippen molar-refractivity contribution in [3.05, 3.63) is 47.3 Å². The monoisotopic (exact) mass is 616 g/mol. The second-order valence-electron chi connectivity index (χ2n) is 14.1. The van der Waals surface area contributed by atoms with Gasteiger partial charge in [-0.15, -0.1) is 0 Å². The summed E-state index contributed by atoms with van der Waals surface area (Å²) >= 11 is 0. The van der Waals surface area contributed by atoms with Gasteiger partial charge in [0.25, 0.3) is 0 Å². The molecular weight excluding hydrogens is 559 g/mol. The number of unbranched alkanes of at least 4 members (excludes halogenated alkanes) is 2. The third-order valence-corrected chi connectivity index (χ3v) is 10.3. The number of halogens is 1. The molecule has 44 heavy (non-hydrogen) atoms. The second kappa shape index (κ2) is 18.0. The van der Waals surface area contributed by atoms with Gasteiger partial charge < -0.3 is 19.7 Å². The number of carbonyl (C=O) groups excluding carboxylic acids is 2. The summed E-state index contributed by atoms with van der Waals surface area (Å²) < 4.78 is 26.0. The summed E-state index contributed by atoms with van der Waals surface area (Å²) in [7, 11) is 0. The van der Waals surface area contributed by atoms with Crippen LogP contribution in [-0.4, -0.2) is 48.6 Å². The lowest BCUT2D eigenvalue weighted by atomic mass is 9.68. The van der Waals surface area contributed by atoms with E-state index in [0.29, 0.717) is 23.5 Å². The first-order valence-electron chi connectivity index (χ1n) is 17.1. The van der Waals surface area contributed by atoms with Crippen LogP contribution in [0.15, 0.2) is 30.4 Å². The summed E-state index contributed by atoms with van der Waals surface area (Å²) in [5.74, 6) is 1.08. The summed E-state index contributed by atoms with van der Waals surface area (Å²) in [4.78, 5) is 24.5. The van der Waals surface area contributed by atoms with E-state index in [4.69, 9.17) is 14.6 Å². The Hall–Kier alpha value is -2.25. The number of ether oxygens (including phenoxy) is 2. The molecule has 0 spiro atoms. The zero-order chi connectivity index (χ0) is 32.1. The summed E-state index contributed by atoms with van der Waals surface area (Å²) in [6, 6.07) is 5.03. The van der Waals surface area contributed by atoms with Crippen molar-refractivity contribution in [2.45, 2.75) is 117 Å². The third-order valence-electron chi connectivity index (χ3n) is 10.3. The molecule has 248 valence electrons. The van der Waals surface area contributed by atoms with Crippen LogP contribution in [0.2, 0.25) is 0 Å². The topological polar surface area (TPSA) is 93.1 Å². The van der Waals surface area contributed by atoms with E-state index in [-0.39, 0.29) is 31.2 Å². The van der Waals surface area contributed by atoms with Crippen molar-refractivity contribution in [3.63, 3.8) is 0 Å². The smallest absolute Gasteiger partial charge is 0.335 e. The lowest BCUT2D eigenvalue weighted by Gasteiger charge is -2.38. The fourth-order valence-electron chi connectivity index (χ4n) is 6.98. The zero-order valence-electron chi connectivity index (χ0n) is 27.5. The number of rotatable bonds is 17. The number of aliphatic hydroxyl groups excluding tert-OH is 2. The van der Waals surface area contributed by atoms with Gasteiger partial charge in [-0.3, -0.25) is 4.79 Å². The Labute approximate surface area is 264 Å². The molecule has 2 saturated carbocycles. The molecule has 7 heteroatoms. The molecule has 2 fully saturated rings. The summed E-state index contributed by atoms with van der Waals surface area (Å²) in [6.07, 6.45) is 18.0. The van der Waals surface area contributed by atoms with Gasteiger partial charge in [-0.25, -0.2) is 9.18 Å². The number of aliphatic hydroxyl groups is 2. The van der Waals surface area contributed by atoms with Gasteiger partial charge in [-0.1, -0.05) is 77.0 Å². The Morgan fingerprint density at radius 2 is 1.52 bits per heavy atom. The van der Waals surface area contributed by atoms with Gasteiger partial charge in [0.1, 0.15) is 19.0 Å². The second-order valence-corrected chi connectivity index (χ2v) is 14.1. The zero-order valence-corrected chi connectivity index (χ0v) is 27.5. The third kappa shape index (κ3) is 11.0. The average molecular weight is 617 g/mol. The Morgan fingerprint density at radius 1 is 0.932 bits per heavy atom. The van der Waals surface area contributed by atoms with Gasteiger partial charge >= 0.3 is 11.9 Å². The molecule has 1 aromatic carbocycles. The van der Waals surface area contributed by atoms with Crippen molar-refractivity contribution in [2.75, 3.05) is 26.4 Å². The van der Waals surface area contributed by atoms with E-state index in [1.165, 1.54) is 83.1 Å². The molecule has 1 atom stereocenters. The highest BCUT2D eigenvalue weighted by molar-refractivity contribution is 5.87. The number of benzene rings is 1. The molecule has 0 aromatic heterocycles. The lowest BCUT2D eigenvalue weighted by Crippen LogP contribution is -2.32. The maximum Gasteiger partial charge on any atom is 0.335 e. The van der Waals surface area contributed by atoms with Crippen LogP contribution >= 0.6 is 0 Å². The molecule has 6 nitrogen and oxygen atoms in total. The minimum Gasteiger partial charge on any atom is -0.464 e. The molecule has 0 radical (unpaired) electrons. The Bertz CT molecular complexity index is 1050. The van der Waals surface area contributed by atoms with Crippen LogP contribution < -0.4 is 0 Å². The molecule has 0 aliphatic heterocycles. The molecule has 1 unspecified atom stereocenters. The van der Waals surface area contributed by atoms with Crippen molar-refractivity contribution in [1.82, 2.24) is 0 Å². The molecule has 0 saturated heterocycles. The minimum atomic E-state index is -1.09. The van der Waals surface area contributed by atoms with Gasteiger partial charge in [0.05, 0.1) is 30.1 Å². The fourth-order valence-corrected chi connectivity index (χ4v) is 6.98. The van der Waals surface area contributed by atoms with Crippen LogP contribution in [0.1, 0.15) is 121 Å². The normalized spacial score (nSPS) is 23.1. The van der Waals surface area contributed by atoms with Crippen LogP contribution in [-0.2, 0) is 25.5 Å². The van der Waals surface area contributed by atoms with E-state index in [9.17, 15) is 14.7 Å². The van der Waals surface area contributed by atoms with Crippen LogP contribution in [0.3, 0.4) is 0 Å². The number of carbonyl (C=O) groups is 2. The van der Waals surface area contributed by atoms with Gasteiger partial charge in [0.15, 0.2) is 0 Å². The lowest BCUT2D eigenvalue weighted by molar-refractivity contribution is -0.157. The molecule has 2 aliphatic carbocycles.